The van der Waals surface area contributed by atoms with Crippen LogP contribution in [0.5, 0.6) is 0 Å². The van der Waals surface area contributed by atoms with Crippen LogP contribution in [0.25, 0.3) is 0 Å². The van der Waals surface area contributed by atoms with Crippen molar-refractivity contribution in [2.45, 2.75) is 32.7 Å². The van der Waals surface area contributed by atoms with E-state index in [1.165, 1.54) is 4.88 Å². The van der Waals surface area contributed by atoms with E-state index >= 15 is 0 Å². The summed E-state index contributed by atoms with van der Waals surface area (Å²) in [7, 11) is 0. The normalized spacial score (nSPS) is 12.8. The lowest BCUT2D eigenvalue weighted by molar-refractivity contribution is 0.458. The summed E-state index contributed by atoms with van der Waals surface area (Å²) in [5.74, 6) is 1.04. The van der Waals surface area contributed by atoms with Gasteiger partial charge in [0.2, 0.25) is 0 Å². The first-order valence-electron chi connectivity index (χ1n) is 5.90. The van der Waals surface area contributed by atoms with Crippen molar-refractivity contribution in [2.24, 2.45) is 0 Å². The van der Waals surface area contributed by atoms with Crippen molar-refractivity contribution in [3.8, 4) is 0 Å². The Morgan fingerprint density at radius 3 is 3.06 bits per heavy atom. The minimum absolute atomic E-state index is 0.439. The summed E-state index contributed by atoms with van der Waals surface area (Å²) in [4.78, 5) is 5.63. The molecule has 1 atom stereocenters. The standard InChI is InChI=1S/C13H18N2OS/c1-10(8-12-4-3-7-16-12)14-6-5-13-11(2)15-9-17-13/h3-4,7,9-10,14H,5-6,8H2,1-2H3. The minimum atomic E-state index is 0.439. The first kappa shape index (κ1) is 12.3. The van der Waals surface area contributed by atoms with Gasteiger partial charge in [-0.25, -0.2) is 4.98 Å². The Morgan fingerprint density at radius 1 is 1.53 bits per heavy atom. The van der Waals surface area contributed by atoms with Gasteiger partial charge in [-0.15, -0.1) is 11.3 Å². The molecule has 2 heterocycles. The summed E-state index contributed by atoms with van der Waals surface area (Å²) in [5.41, 5.74) is 3.08. The second kappa shape index (κ2) is 5.98. The summed E-state index contributed by atoms with van der Waals surface area (Å²) in [5, 5.41) is 3.51. The highest BCUT2D eigenvalue weighted by Crippen LogP contribution is 2.12. The highest BCUT2D eigenvalue weighted by atomic mass is 32.1. The molecule has 0 aliphatic heterocycles. The topological polar surface area (TPSA) is 38.1 Å². The molecule has 2 aromatic heterocycles. The maximum absolute atomic E-state index is 5.33. The molecule has 3 nitrogen and oxygen atoms in total. The molecule has 1 N–H and O–H groups in total. The largest absolute Gasteiger partial charge is 0.469 e. The number of hydrogen-bond donors (Lipinski definition) is 1. The lowest BCUT2D eigenvalue weighted by atomic mass is 10.2. The van der Waals surface area contributed by atoms with Gasteiger partial charge in [-0.05, 0) is 32.4 Å². The molecule has 0 radical (unpaired) electrons. The van der Waals surface area contributed by atoms with Crippen LogP contribution in [0.1, 0.15) is 23.3 Å². The van der Waals surface area contributed by atoms with Gasteiger partial charge in [-0.2, -0.15) is 0 Å². The summed E-state index contributed by atoms with van der Waals surface area (Å²) in [6, 6.07) is 4.39. The maximum atomic E-state index is 5.33. The van der Waals surface area contributed by atoms with Crippen LogP contribution < -0.4 is 5.32 Å². The molecule has 0 aliphatic carbocycles. The van der Waals surface area contributed by atoms with Crippen molar-refractivity contribution in [1.82, 2.24) is 10.3 Å². The molecule has 0 aromatic carbocycles. The second-order valence-electron chi connectivity index (χ2n) is 4.25. The Balaban J connectivity index is 1.70. The Labute approximate surface area is 106 Å². The van der Waals surface area contributed by atoms with Crippen LogP contribution in [-0.2, 0) is 12.8 Å². The number of aromatic nitrogens is 1. The number of nitrogens with zero attached hydrogens (tertiary/aromatic N) is 1. The van der Waals surface area contributed by atoms with E-state index < -0.39 is 0 Å². The fraction of sp³-hybridized carbons (Fsp3) is 0.462. The van der Waals surface area contributed by atoms with E-state index in [0.717, 1.165) is 30.8 Å². The van der Waals surface area contributed by atoms with Gasteiger partial charge in [0.15, 0.2) is 0 Å². The van der Waals surface area contributed by atoms with E-state index in [4.69, 9.17) is 4.42 Å². The third-order valence-corrected chi connectivity index (χ3v) is 3.77. The van der Waals surface area contributed by atoms with Crippen molar-refractivity contribution in [3.05, 3.63) is 40.2 Å². The van der Waals surface area contributed by atoms with Crippen LogP contribution in [0.4, 0.5) is 0 Å². The molecule has 0 spiro atoms. The van der Waals surface area contributed by atoms with Crippen LogP contribution in [0.15, 0.2) is 28.3 Å². The van der Waals surface area contributed by atoms with Crippen molar-refractivity contribution in [2.75, 3.05) is 6.54 Å². The smallest absolute Gasteiger partial charge is 0.105 e. The quantitative estimate of drug-likeness (QED) is 0.856. The molecule has 0 saturated heterocycles. The number of furan rings is 1. The highest BCUT2D eigenvalue weighted by molar-refractivity contribution is 7.09. The average Bonchev–Trinajstić information content (AvgIpc) is 2.91. The third kappa shape index (κ3) is 3.68. The fourth-order valence-electron chi connectivity index (χ4n) is 1.80. The van der Waals surface area contributed by atoms with Crippen LogP contribution >= 0.6 is 11.3 Å². The average molecular weight is 250 g/mol. The predicted octanol–water partition coefficient (Wildman–Crippen LogP) is 2.81. The van der Waals surface area contributed by atoms with E-state index in [2.05, 4.69) is 24.1 Å². The molecule has 0 saturated carbocycles. The zero-order chi connectivity index (χ0) is 12.1. The van der Waals surface area contributed by atoms with Gasteiger partial charge in [-0.1, -0.05) is 0 Å². The van der Waals surface area contributed by atoms with Gasteiger partial charge in [0.25, 0.3) is 0 Å². The molecule has 2 aromatic rings. The second-order valence-corrected chi connectivity index (χ2v) is 5.19. The van der Waals surface area contributed by atoms with Gasteiger partial charge in [0, 0.05) is 23.9 Å². The molecule has 0 fully saturated rings. The molecule has 0 aliphatic rings. The van der Waals surface area contributed by atoms with E-state index in [1.807, 2.05) is 17.6 Å². The highest BCUT2D eigenvalue weighted by Gasteiger charge is 2.06. The predicted molar refractivity (Wildman–Crippen MR) is 70.4 cm³/mol. The van der Waals surface area contributed by atoms with Gasteiger partial charge in [-0.3, -0.25) is 0 Å². The van der Waals surface area contributed by atoms with Gasteiger partial charge in [0.1, 0.15) is 5.76 Å². The zero-order valence-electron chi connectivity index (χ0n) is 10.3. The maximum Gasteiger partial charge on any atom is 0.105 e. The number of nitrogens with one attached hydrogen (secondary N) is 1. The van der Waals surface area contributed by atoms with E-state index in [-0.39, 0.29) is 0 Å². The summed E-state index contributed by atoms with van der Waals surface area (Å²) >= 11 is 1.74. The van der Waals surface area contributed by atoms with Crippen molar-refractivity contribution < 1.29 is 4.42 Å². The third-order valence-electron chi connectivity index (χ3n) is 2.78. The molecule has 92 valence electrons. The number of rotatable bonds is 6. The lowest BCUT2D eigenvalue weighted by Crippen LogP contribution is -2.29. The first-order chi connectivity index (χ1) is 8.25. The molecule has 1 unspecified atom stereocenters. The lowest BCUT2D eigenvalue weighted by Gasteiger charge is -2.11. The monoisotopic (exact) mass is 250 g/mol. The van der Waals surface area contributed by atoms with Crippen LogP contribution in [-0.4, -0.2) is 17.6 Å². The Kier molecular flexibility index (Phi) is 4.34. The summed E-state index contributed by atoms with van der Waals surface area (Å²) in [6.45, 7) is 5.24. The van der Waals surface area contributed by atoms with Gasteiger partial charge in [0.05, 0.1) is 17.5 Å². The first-order valence-corrected chi connectivity index (χ1v) is 6.78. The fourth-order valence-corrected chi connectivity index (χ4v) is 2.58. The molecule has 4 heteroatoms. The number of hydrogen-bond acceptors (Lipinski definition) is 4. The van der Waals surface area contributed by atoms with Crippen molar-refractivity contribution >= 4 is 11.3 Å². The summed E-state index contributed by atoms with van der Waals surface area (Å²) in [6.07, 6.45) is 3.72. The summed E-state index contributed by atoms with van der Waals surface area (Å²) < 4.78 is 5.33. The molecule has 2 rings (SSSR count). The SMILES string of the molecule is Cc1ncsc1CCNC(C)Cc1ccco1. The number of aryl methyl sites for hydroxylation is 1. The van der Waals surface area contributed by atoms with Crippen LogP contribution in [0.2, 0.25) is 0 Å². The molecule has 17 heavy (non-hydrogen) atoms. The van der Waals surface area contributed by atoms with Crippen LogP contribution in [0.3, 0.4) is 0 Å². The van der Waals surface area contributed by atoms with E-state index in [0.29, 0.717) is 6.04 Å². The molecule has 0 amide bonds. The molecular weight excluding hydrogens is 232 g/mol. The van der Waals surface area contributed by atoms with Gasteiger partial charge < -0.3 is 9.73 Å². The zero-order valence-corrected chi connectivity index (χ0v) is 11.1. The van der Waals surface area contributed by atoms with Crippen LogP contribution in [0, 0.1) is 6.92 Å². The Bertz CT molecular complexity index is 436. The molecular formula is C13H18N2OS. The Morgan fingerprint density at radius 2 is 2.41 bits per heavy atom. The van der Waals surface area contributed by atoms with E-state index in [1.54, 1.807) is 17.6 Å². The Hall–Kier alpha value is -1.13. The number of thiazole rings is 1. The van der Waals surface area contributed by atoms with Gasteiger partial charge >= 0.3 is 0 Å². The van der Waals surface area contributed by atoms with E-state index in [9.17, 15) is 0 Å². The van der Waals surface area contributed by atoms with Crippen molar-refractivity contribution in [3.63, 3.8) is 0 Å². The minimum Gasteiger partial charge on any atom is -0.469 e. The van der Waals surface area contributed by atoms with Crippen molar-refractivity contribution in [1.29, 1.82) is 0 Å². The molecule has 0 bridgehead atoms.